The molecule has 78 valence electrons. The second kappa shape index (κ2) is 3.48. The summed E-state index contributed by atoms with van der Waals surface area (Å²) in [5, 5.41) is 1.48. The molecule has 0 saturated carbocycles. The smallest absolute Gasteiger partial charge is 0.269 e. The lowest BCUT2D eigenvalue weighted by Crippen LogP contribution is -2.10. The van der Waals surface area contributed by atoms with E-state index in [4.69, 9.17) is 4.55 Å². The maximum absolute atomic E-state index is 10.7. The highest BCUT2D eigenvalue weighted by molar-refractivity contribution is 7.87. The molecule has 0 aliphatic carbocycles. The van der Waals surface area contributed by atoms with E-state index in [1.165, 1.54) is 0 Å². The van der Waals surface area contributed by atoms with E-state index in [0.29, 0.717) is 11.1 Å². The molecule has 0 spiro atoms. The van der Waals surface area contributed by atoms with Gasteiger partial charge in [0.2, 0.25) is 0 Å². The van der Waals surface area contributed by atoms with Crippen LogP contribution in [-0.4, -0.2) is 18.0 Å². The van der Waals surface area contributed by atoms with Crippen molar-refractivity contribution in [3.05, 3.63) is 36.7 Å². The number of aromatic nitrogens is 1. The summed E-state index contributed by atoms with van der Waals surface area (Å²) < 4.78 is 32.0. The number of anilines is 1. The second-order valence-corrected chi connectivity index (χ2v) is 4.13. The van der Waals surface area contributed by atoms with Gasteiger partial charge in [-0.25, -0.2) is 0 Å². The summed E-state index contributed by atoms with van der Waals surface area (Å²) in [7, 11) is -4.24. The Balaban J connectivity index is 2.61. The fraction of sp³-hybridized carbons (Fsp3) is 0. The van der Waals surface area contributed by atoms with E-state index < -0.39 is 10.3 Å². The van der Waals surface area contributed by atoms with Crippen LogP contribution >= 0.6 is 0 Å². The lowest BCUT2D eigenvalue weighted by atomic mass is 10.1. The predicted molar refractivity (Wildman–Crippen MR) is 56.9 cm³/mol. The van der Waals surface area contributed by atoms with E-state index in [1.807, 2.05) is 4.72 Å². The number of pyridine rings is 1. The molecule has 1 aromatic carbocycles. The van der Waals surface area contributed by atoms with Gasteiger partial charge in [0.25, 0.3) is 0 Å². The molecule has 0 aliphatic rings. The first-order valence-electron chi connectivity index (χ1n) is 4.14. The Labute approximate surface area is 86.6 Å². The van der Waals surface area contributed by atoms with Crippen molar-refractivity contribution in [2.24, 2.45) is 0 Å². The number of rotatable bonds is 2. The lowest BCUT2D eigenvalue weighted by Gasteiger charge is -2.05. The van der Waals surface area contributed by atoms with Crippen LogP contribution in [0.15, 0.2) is 36.7 Å². The van der Waals surface area contributed by atoms with Crippen LogP contribution < -0.4 is 4.72 Å². The molecule has 5 nitrogen and oxygen atoms in total. The summed E-state index contributed by atoms with van der Waals surface area (Å²) in [6, 6.07) is 6.72. The summed E-state index contributed by atoms with van der Waals surface area (Å²) in [5.41, 5.74) is 0.331. The second-order valence-electron chi connectivity index (χ2n) is 2.98. The molecule has 1 aromatic heterocycles. The number of nitrogens with zero attached hydrogens (tertiary/aromatic N) is 1. The SMILES string of the molecule is O=S(=O)(O)Nc1cccc2cnccc12. The minimum Gasteiger partial charge on any atom is -0.269 e. The monoisotopic (exact) mass is 224 g/mol. The Morgan fingerprint density at radius 2 is 2.07 bits per heavy atom. The minimum atomic E-state index is -4.24. The highest BCUT2D eigenvalue weighted by atomic mass is 32.2. The molecule has 0 bridgehead atoms. The van der Waals surface area contributed by atoms with E-state index >= 15 is 0 Å². The maximum atomic E-state index is 10.7. The van der Waals surface area contributed by atoms with Crippen molar-refractivity contribution in [1.29, 1.82) is 0 Å². The molecule has 0 unspecified atom stereocenters. The zero-order valence-electron chi connectivity index (χ0n) is 7.58. The number of nitrogens with one attached hydrogen (secondary N) is 1. The van der Waals surface area contributed by atoms with Gasteiger partial charge in [-0.3, -0.25) is 14.3 Å². The Morgan fingerprint density at radius 1 is 1.27 bits per heavy atom. The third kappa shape index (κ3) is 2.23. The first-order valence-corrected chi connectivity index (χ1v) is 5.58. The molecular formula is C9H8N2O3S. The highest BCUT2D eigenvalue weighted by Crippen LogP contribution is 2.22. The first-order chi connectivity index (χ1) is 7.06. The maximum Gasteiger partial charge on any atom is 0.357 e. The van der Waals surface area contributed by atoms with Gasteiger partial charge in [-0.1, -0.05) is 12.1 Å². The molecule has 6 heteroatoms. The predicted octanol–water partition coefficient (Wildman–Crippen LogP) is 1.45. The van der Waals surface area contributed by atoms with Gasteiger partial charge in [0.1, 0.15) is 0 Å². The van der Waals surface area contributed by atoms with Crippen molar-refractivity contribution in [2.45, 2.75) is 0 Å². The van der Waals surface area contributed by atoms with Gasteiger partial charge in [0, 0.05) is 23.2 Å². The van der Waals surface area contributed by atoms with E-state index in [1.54, 1.807) is 36.7 Å². The molecule has 1 heterocycles. The molecule has 15 heavy (non-hydrogen) atoms. The molecule has 0 fully saturated rings. The van der Waals surface area contributed by atoms with E-state index in [0.717, 1.165) is 5.39 Å². The summed E-state index contributed by atoms with van der Waals surface area (Å²) in [5.74, 6) is 0. The molecule has 0 saturated heterocycles. The average Bonchev–Trinajstić information content (AvgIpc) is 2.16. The molecule has 2 rings (SSSR count). The van der Waals surface area contributed by atoms with E-state index in [9.17, 15) is 8.42 Å². The van der Waals surface area contributed by atoms with Crippen LogP contribution in [0.4, 0.5) is 5.69 Å². The van der Waals surface area contributed by atoms with E-state index in [-0.39, 0.29) is 0 Å². The van der Waals surface area contributed by atoms with Crippen molar-refractivity contribution in [1.82, 2.24) is 4.98 Å². The Bertz CT molecular complexity index is 590. The average molecular weight is 224 g/mol. The molecule has 0 atom stereocenters. The minimum absolute atomic E-state index is 0.331. The van der Waals surface area contributed by atoms with Crippen molar-refractivity contribution in [2.75, 3.05) is 4.72 Å². The van der Waals surface area contributed by atoms with Crippen molar-refractivity contribution in [3.8, 4) is 0 Å². The van der Waals surface area contributed by atoms with Crippen molar-refractivity contribution >= 4 is 26.8 Å². The Kier molecular flexibility index (Phi) is 2.29. The third-order valence-corrected chi connectivity index (χ3v) is 2.40. The zero-order chi connectivity index (χ0) is 10.9. The van der Waals surface area contributed by atoms with Gasteiger partial charge in [-0.05, 0) is 12.1 Å². The normalized spacial score (nSPS) is 11.5. The summed E-state index contributed by atoms with van der Waals surface area (Å²) in [6.45, 7) is 0. The first kappa shape index (κ1) is 9.88. The number of hydrogen-bond donors (Lipinski definition) is 2. The standard InChI is InChI=1S/C9H8N2O3S/c12-15(13,14)11-9-3-1-2-7-6-10-5-4-8(7)9/h1-6,11H,(H,12,13,14). The molecular weight excluding hydrogens is 216 g/mol. The largest absolute Gasteiger partial charge is 0.357 e. The summed E-state index contributed by atoms with van der Waals surface area (Å²) in [6.07, 6.45) is 3.17. The summed E-state index contributed by atoms with van der Waals surface area (Å²) in [4.78, 5) is 3.91. The molecule has 0 aliphatic heterocycles. The number of hydrogen-bond acceptors (Lipinski definition) is 3. The Hall–Kier alpha value is -1.66. The van der Waals surface area contributed by atoms with Crippen LogP contribution in [0, 0.1) is 0 Å². The van der Waals surface area contributed by atoms with Gasteiger partial charge >= 0.3 is 10.3 Å². The number of fused-ring (bicyclic) bond motifs is 1. The molecule has 0 amide bonds. The van der Waals surface area contributed by atoms with Gasteiger partial charge in [0.05, 0.1) is 5.69 Å². The molecule has 2 aromatic rings. The van der Waals surface area contributed by atoms with Gasteiger partial charge < -0.3 is 0 Å². The van der Waals surface area contributed by atoms with Crippen LogP contribution in [0.5, 0.6) is 0 Å². The topological polar surface area (TPSA) is 79.3 Å². The zero-order valence-corrected chi connectivity index (χ0v) is 8.40. The van der Waals surface area contributed by atoms with Gasteiger partial charge in [-0.15, -0.1) is 0 Å². The molecule has 0 radical (unpaired) electrons. The van der Waals surface area contributed by atoms with Crippen LogP contribution in [0.1, 0.15) is 0 Å². The Morgan fingerprint density at radius 3 is 2.80 bits per heavy atom. The molecule has 2 N–H and O–H groups in total. The van der Waals surface area contributed by atoms with Crippen molar-refractivity contribution in [3.63, 3.8) is 0 Å². The summed E-state index contributed by atoms with van der Waals surface area (Å²) >= 11 is 0. The number of benzene rings is 1. The lowest BCUT2D eigenvalue weighted by molar-refractivity contribution is 0.490. The van der Waals surface area contributed by atoms with Gasteiger partial charge in [-0.2, -0.15) is 8.42 Å². The van der Waals surface area contributed by atoms with Crippen LogP contribution in [-0.2, 0) is 10.3 Å². The van der Waals surface area contributed by atoms with Crippen LogP contribution in [0.3, 0.4) is 0 Å². The van der Waals surface area contributed by atoms with Crippen LogP contribution in [0.25, 0.3) is 10.8 Å². The quantitative estimate of drug-likeness (QED) is 0.757. The van der Waals surface area contributed by atoms with Gasteiger partial charge in [0.15, 0.2) is 0 Å². The van der Waals surface area contributed by atoms with Crippen LogP contribution in [0.2, 0.25) is 0 Å². The van der Waals surface area contributed by atoms with Crippen molar-refractivity contribution < 1.29 is 13.0 Å². The third-order valence-electron chi connectivity index (χ3n) is 1.92. The fourth-order valence-corrected chi connectivity index (χ4v) is 1.81. The fourth-order valence-electron chi connectivity index (χ4n) is 1.35. The highest BCUT2D eigenvalue weighted by Gasteiger charge is 2.06. The van der Waals surface area contributed by atoms with E-state index in [2.05, 4.69) is 4.98 Å².